The maximum atomic E-state index is 5.61. The molecule has 140 valence electrons. The van der Waals surface area contributed by atoms with Gasteiger partial charge in [-0.1, -0.05) is 13.0 Å². The lowest BCUT2D eigenvalue weighted by Crippen LogP contribution is -2.36. The Hall–Kier alpha value is -2.80. The number of aromatic amines is 1. The molecule has 4 heterocycles. The number of aromatic nitrogens is 4. The number of H-pyrrole nitrogens is 1. The van der Waals surface area contributed by atoms with Crippen molar-refractivity contribution in [3.8, 4) is 11.5 Å². The van der Waals surface area contributed by atoms with Gasteiger partial charge in [-0.15, -0.1) is 0 Å². The van der Waals surface area contributed by atoms with Crippen LogP contribution >= 0.6 is 0 Å². The van der Waals surface area contributed by atoms with Crippen molar-refractivity contribution in [3.05, 3.63) is 59.7 Å². The fourth-order valence-corrected chi connectivity index (χ4v) is 4.06. The van der Waals surface area contributed by atoms with Crippen LogP contribution in [0.2, 0.25) is 0 Å². The zero-order valence-electron chi connectivity index (χ0n) is 15.4. The summed E-state index contributed by atoms with van der Waals surface area (Å²) in [5.74, 6) is 2.71. The topological polar surface area (TPSA) is 68.2 Å². The number of imidazole rings is 2. The lowest BCUT2D eigenvalue weighted by Gasteiger charge is -2.35. The largest absolute Gasteiger partial charge is 0.454 e. The fraction of sp³-hybridized carbons (Fsp3) is 0.400. The molecule has 0 unspecified atom stereocenters. The molecule has 0 fully saturated rings. The second-order valence-corrected chi connectivity index (χ2v) is 7.04. The summed E-state index contributed by atoms with van der Waals surface area (Å²) in [4.78, 5) is 15.0. The Morgan fingerprint density at radius 1 is 1.22 bits per heavy atom. The minimum atomic E-state index is 0.0706. The highest BCUT2D eigenvalue weighted by Gasteiger charge is 2.32. The normalized spacial score (nSPS) is 18.6. The maximum absolute atomic E-state index is 5.61. The number of hydrogen-bond donors (Lipinski definition) is 1. The van der Waals surface area contributed by atoms with Gasteiger partial charge in [0.25, 0.3) is 0 Å². The average molecular weight is 365 g/mol. The number of aryl methyl sites for hydroxylation is 1. The van der Waals surface area contributed by atoms with Gasteiger partial charge in [-0.25, -0.2) is 9.97 Å². The van der Waals surface area contributed by atoms with Gasteiger partial charge in [-0.2, -0.15) is 0 Å². The SMILES string of the molecule is CCCn1ccnc1CN1CCc2[nH]cnc2[C@H]1c1ccc2c(c1)OCO2. The van der Waals surface area contributed by atoms with Gasteiger partial charge < -0.3 is 19.0 Å². The van der Waals surface area contributed by atoms with Crippen LogP contribution in [0.4, 0.5) is 0 Å². The molecule has 0 saturated carbocycles. The van der Waals surface area contributed by atoms with Gasteiger partial charge in [-0.05, 0) is 24.1 Å². The van der Waals surface area contributed by atoms with E-state index in [0.717, 1.165) is 55.5 Å². The summed E-state index contributed by atoms with van der Waals surface area (Å²) in [6.45, 7) is 5.21. The van der Waals surface area contributed by atoms with Crippen LogP contribution in [0.1, 0.15) is 42.2 Å². The van der Waals surface area contributed by atoms with Gasteiger partial charge in [0, 0.05) is 37.6 Å². The molecule has 2 aliphatic rings. The summed E-state index contributed by atoms with van der Waals surface area (Å²) < 4.78 is 13.3. The standard InChI is InChI=1S/C20H23N5O2/c1-2-7-24-9-6-21-18(24)11-25-8-5-15-19(23-12-22-15)20(25)14-3-4-16-17(10-14)27-13-26-16/h3-4,6,9-10,12,20H,2,5,7-8,11,13H2,1H3,(H,22,23)/t20-/m1/s1. The molecule has 0 radical (unpaired) electrons. The third-order valence-electron chi connectivity index (χ3n) is 5.35. The smallest absolute Gasteiger partial charge is 0.231 e. The molecule has 3 aromatic rings. The van der Waals surface area contributed by atoms with Crippen molar-refractivity contribution in [2.45, 2.75) is 38.9 Å². The summed E-state index contributed by atoms with van der Waals surface area (Å²) in [6, 6.07) is 6.27. The van der Waals surface area contributed by atoms with Gasteiger partial charge >= 0.3 is 0 Å². The molecule has 0 bridgehead atoms. The molecule has 2 aliphatic heterocycles. The van der Waals surface area contributed by atoms with Crippen LogP contribution < -0.4 is 9.47 Å². The first-order chi connectivity index (χ1) is 13.3. The lowest BCUT2D eigenvalue weighted by atomic mass is 9.95. The van der Waals surface area contributed by atoms with Crippen molar-refractivity contribution >= 4 is 0 Å². The summed E-state index contributed by atoms with van der Waals surface area (Å²) in [5, 5.41) is 0. The van der Waals surface area contributed by atoms with Gasteiger partial charge in [0.15, 0.2) is 11.5 Å². The molecule has 0 saturated heterocycles. The first-order valence-corrected chi connectivity index (χ1v) is 9.49. The Morgan fingerprint density at radius 3 is 3.07 bits per heavy atom. The van der Waals surface area contributed by atoms with Crippen LogP contribution in [-0.4, -0.2) is 37.8 Å². The first kappa shape index (κ1) is 16.4. The van der Waals surface area contributed by atoms with Gasteiger partial charge in [0.1, 0.15) is 5.82 Å². The van der Waals surface area contributed by atoms with Gasteiger partial charge in [-0.3, -0.25) is 4.90 Å². The number of benzene rings is 1. The molecule has 0 spiro atoms. The third kappa shape index (κ3) is 2.88. The van der Waals surface area contributed by atoms with E-state index >= 15 is 0 Å². The summed E-state index contributed by atoms with van der Waals surface area (Å²) >= 11 is 0. The predicted octanol–water partition coefficient (Wildman–Crippen LogP) is 2.89. The first-order valence-electron chi connectivity index (χ1n) is 9.49. The van der Waals surface area contributed by atoms with E-state index in [9.17, 15) is 0 Å². The minimum Gasteiger partial charge on any atom is -0.454 e. The van der Waals surface area contributed by atoms with E-state index in [0.29, 0.717) is 0 Å². The summed E-state index contributed by atoms with van der Waals surface area (Å²) in [5.41, 5.74) is 3.47. The van der Waals surface area contributed by atoms with E-state index in [2.05, 4.69) is 49.7 Å². The van der Waals surface area contributed by atoms with E-state index in [1.807, 2.05) is 12.3 Å². The van der Waals surface area contributed by atoms with Crippen LogP contribution in [0.5, 0.6) is 11.5 Å². The lowest BCUT2D eigenvalue weighted by molar-refractivity contribution is 0.173. The number of rotatable bonds is 5. The fourth-order valence-electron chi connectivity index (χ4n) is 4.06. The second-order valence-electron chi connectivity index (χ2n) is 7.04. The molecule has 1 N–H and O–H groups in total. The highest BCUT2D eigenvalue weighted by atomic mass is 16.7. The zero-order valence-corrected chi connectivity index (χ0v) is 15.4. The maximum Gasteiger partial charge on any atom is 0.231 e. The van der Waals surface area contributed by atoms with Gasteiger partial charge in [0.05, 0.1) is 24.6 Å². The van der Waals surface area contributed by atoms with Gasteiger partial charge in [0.2, 0.25) is 6.79 Å². The van der Waals surface area contributed by atoms with Crippen LogP contribution in [0.25, 0.3) is 0 Å². The highest BCUT2D eigenvalue weighted by Crippen LogP contribution is 2.39. The number of nitrogens with zero attached hydrogens (tertiary/aromatic N) is 4. The number of hydrogen-bond acceptors (Lipinski definition) is 5. The Balaban J connectivity index is 1.51. The Morgan fingerprint density at radius 2 is 2.15 bits per heavy atom. The minimum absolute atomic E-state index is 0.0706. The second kappa shape index (κ2) is 6.74. The number of ether oxygens (including phenoxy) is 2. The zero-order chi connectivity index (χ0) is 18.2. The molecular formula is C20H23N5O2. The molecule has 1 atom stereocenters. The summed E-state index contributed by atoms with van der Waals surface area (Å²) in [6.07, 6.45) is 7.82. The molecule has 0 aliphatic carbocycles. The molecule has 5 rings (SSSR count). The Kier molecular flexibility index (Phi) is 4.09. The molecule has 7 nitrogen and oxygen atoms in total. The molecule has 2 aromatic heterocycles. The van der Waals surface area contributed by atoms with Crippen LogP contribution in [0, 0.1) is 0 Å². The Bertz CT molecular complexity index is 948. The van der Waals surface area contributed by atoms with Crippen LogP contribution in [0.15, 0.2) is 36.9 Å². The van der Waals surface area contributed by atoms with Crippen molar-refractivity contribution in [3.63, 3.8) is 0 Å². The third-order valence-corrected chi connectivity index (χ3v) is 5.35. The molecule has 0 amide bonds. The number of fused-ring (bicyclic) bond motifs is 2. The molecule has 27 heavy (non-hydrogen) atoms. The van der Waals surface area contributed by atoms with Crippen LogP contribution in [0.3, 0.4) is 0 Å². The molecule has 1 aromatic carbocycles. The monoisotopic (exact) mass is 365 g/mol. The predicted molar refractivity (Wildman–Crippen MR) is 99.6 cm³/mol. The van der Waals surface area contributed by atoms with Crippen molar-refractivity contribution in [2.75, 3.05) is 13.3 Å². The molecule has 7 heteroatoms. The number of nitrogens with one attached hydrogen (secondary N) is 1. The van der Waals surface area contributed by atoms with Crippen molar-refractivity contribution in [1.82, 2.24) is 24.4 Å². The van der Waals surface area contributed by atoms with E-state index < -0.39 is 0 Å². The van der Waals surface area contributed by atoms with Crippen molar-refractivity contribution in [2.24, 2.45) is 0 Å². The van der Waals surface area contributed by atoms with E-state index in [1.54, 1.807) is 6.33 Å². The quantitative estimate of drug-likeness (QED) is 0.753. The summed E-state index contributed by atoms with van der Waals surface area (Å²) in [7, 11) is 0. The van der Waals surface area contributed by atoms with E-state index in [-0.39, 0.29) is 12.8 Å². The highest BCUT2D eigenvalue weighted by molar-refractivity contribution is 5.47. The van der Waals surface area contributed by atoms with Crippen molar-refractivity contribution in [1.29, 1.82) is 0 Å². The average Bonchev–Trinajstić information content (AvgIpc) is 3.42. The Labute approximate surface area is 158 Å². The van der Waals surface area contributed by atoms with Crippen LogP contribution in [-0.2, 0) is 19.5 Å². The molecular weight excluding hydrogens is 342 g/mol. The van der Waals surface area contributed by atoms with E-state index in [4.69, 9.17) is 9.47 Å². The van der Waals surface area contributed by atoms with E-state index in [1.165, 1.54) is 11.3 Å². The van der Waals surface area contributed by atoms with Crippen molar-refractivity contribution < 1.29 is 9.47 Å².